The fourth-order valence-corrected chi connectivity index (χ4v) is 4.36. The average molecular weight is 323 g/mol. The van der Waals surface area contributed by atoms with Crippen molar-refractivity contribution >= 4 is 15.7 Å². The van der Waals surface area contributed by atoms with Crippen molar-refractivity contribution in [3.8, 4) is 0 Å². The first-order chi connectivity index (χ1) is 10.1. The predicted molar refractivity (Wildman–Crippen MR) is 88.8 cm³/mol. The quantitative estimate of drug-likeness (QED) is 0.927. The van der Waals surface area contributed by atoms with Crippen LogP contribution in [0.25, 0.3) is 0 Å². The molecule has 122 valence electrons. The molecule has 4 nitrogen and oxygen atoms in total. The molecule has 1 aromatic rings. The number of carbonyl (C=O) groups excluding carboxylic acids is 1. The van der Waals surface area contributed by atoms with Gasteiger partial charge in [-0.05, 0) is 35.4 Å². The monoisotopic (exact) mass is 323 g/mol. The lowest BCUT2D eigenvalue weighted by molar-refractivity contribution is -0.121. The van der Waals surface area contributed by atoms with Crippen molar-refractivity contribution in [3.63, 3.8) is 0 Å². The lowest BCUT2D eigenvalue weighted by Gasteiger charge is -2.21. The summed E-state index contributed by atoms with van der Waals surface area (Å²) in [6, 6.07) is 5.99. The number of amides is 1. The van der Waals surface area contributed by atoms with E-state index in [1.165, 1.54) is 5.56 Å². The van der Waals surface area contributed by atoms with E-state index in [-0.39, 0.29) is 28.9 Å². The van der Waals surface area contributed by atoms with Crippen LogP contribution < -0.4 is 5.32 Å². The Labute approximate surface area is 133 Å². The van der Waals surface area contributed by atoms with E-state index in [1.807, 2.05) is 13.0 Å². The van der Waals surface area contributed by atoms with Crippen LogP contribution in [0.2, 0.25) is 0 Å². The van der Waals surface area contributed by atoms with Gasteiger partial charge in [0.2, 0.25) is 5.91 Å². The molecule has 1 aliphatic rings. The number of rotatable bonds is 3. The number of nitrogens with one attached hydrogen (secondary N) is 1. The second-order valence-electron chi connectivity index (χ2n) is 7.24. The van der Waals surface area contributed by atoms with Gasteiger partial charge in [-0.15, -0.1) is 0 Å². The highest BCUT2D eigenvalue weighted by atomic mass is 32.2. The number of sulfone groups is 1. The Morgan fingerprint density at radius 3 is 2.55 bits per heavy atom. The summed E-state index contributed by atoms with van der Waals surface area (Å²) >= 11 is 0. The van der Waals surface area contributed by atoms with Gasteiger partial charge in [0, 0.05) is 6.04 Å². The van der Waals surface area contributed by atoms with Gasteiger partial charge in [-0.2, -0.15) is 0 Å². The van der Waals surface area contributed by atoms with Gasteiger partial charge in [0.05, 0.1) is 17.9 Å². The van der Waals surface area contributed by atoms with Gasteiger partial charge in [0.15, 0.2) is 9.84 Å². The Hall–Kier alpha value is -1.36. The summed E-state index contributed by atoms with van der Waals surface area (Å²) in [5, 5.41) is 2.85. The smallest absolute Gasteiger partial charge is 0.224 e. The fraction of sp³-hybridized carbons (Fsp3) is 0.588. The zero-order valence-electron chi connectivity index (χ0n) is 13.8. The fourth-order valence-electron chi connectivity index (χ4n) is 2.69. The van der Waals surface area contributed by atoms with Crippen LogP contribution in [0.3, 0.4) is 0 Å². The standard InChI is InChI=1S/C17H25NO3S/c1-12-5-6-14(17(2,3)4)9-13(12)10-16(19)18-15-7-8-22(20,21)11-15/h5-6,9,15H,7-8,10-11H2,1-4H3,(H,18,19). The second-order valence-corrected chi connectivity index (χ2v) is 9.46. The molecule has 1 N–H and O–H groups in total. The molecular formula is C17H25NO3S. The van der Waals surface area contributed by atoms with E-state index < -0.39 is 9.84 Å². The van der Waals surface area contributed by atoms with Crippen LogP contribution in [-0.4, -0.2) is 31.9 Å². The van der Waals surface area contributed by atoms with Crippen LogP contribution in [0.4, 0.5) is 0 Å². The summed E-state index contributed by atoms with van der Waals surface area (Å²) in [7, 11) is -2.96. The molecular weight excluding hydrogens is 298 g/mol. The highest BCUT2D eigenvalue weighted by Crippen LogP contribution is 2.24. The van der Waals surface area contributed by atoms with Gasteiger partial charge in [-0.3, -0.25) is 4.79 Å². The highest BCUT2D eigenvalue weighted by Gasteiger charge is 2.29. The third kappa shape index (κ3) is 4.32. The van der Waals surface area contributed by atoms with E-state index in [9.17, 15) is 13.2 Å². The molecule has 1 heterocycles. The molecule has 1 unspecified atom stereocenters. The van der Waals surface area contributed by atoms with Crippen LogP contribution >= 0.6 is 0 Å². The van der Waals surface area contributed by atoms with Gasteiger partial charge >= 0.3 is 0 Å². The van der Waals surface area contributed by atoms with Gasteiger partial charge in [-0.25, -0.2) is 8.42 Å². The van der Waals surface area contributed by atoms with E-state index in [0.717, 1.165) is 11.1 Å². The average Bonchev–Trinajstić information content (AvgIpc) is 2.70. The van der Waals surface area contributed by atoms with Gasteiger partial charge in [-0.1, -0.05) is 39.0 Å². The van der Waals surface area contributed by atoms with E-state index in [2.05, 4.69) is 38.2 Å². The molecule has 1 amide bonds. The third-order valence-electron chi connectivity index (χ3n) is 4.16. The van der Waals surface area contributed by atoms with E-state index in [1.54, 1.807) is 0 Å². The van der Waals surface area contributed by atoms with Crippen molar-refractivity contribution in [1.29, 1.82) is 0 Å². The predicted octanol–water partition coefficient (Wildman–Crippen LogP) is 2.14. The summed E-state index contributed by atoms with van der Waals surface area (Å²) in [6.45, 7) is 8.43. The molecule has 1 aromatic carbocycles. The Bertz CT molecular complexity index is 672. The highest BCUT2D eigenvalue weighted by molar-refractivity contribution is 7.91. The molecule has 0 bridgehead atoms. The van der Waals surface area contributed by atoms with Crippen LogP contribution in [0.1, 0.15) is 43.9 Å². The molecule has 1 atom stereocenters. The molecule has 1 saturated heterocycles. The van der Waals surface area contributed by atoms with Crippen LogP contribution in [0, 0.1) is 6.92 Å². The van der Waals surface area contributed by atoms with Crippen LogP contribution in [0.5, 0.6) is 0 Å². The number of hydrogen-bond acceptors (Lipinski definition) is 3. The Kier molecular flexibility index (Phi) is 4.66. The van der Waals surface area contributed by atoms with E-state index >= 15 is 0 Å². The summed E-state index contributed by atoms with van der Waals surface area (Å²) < 4.78 is 22.9. The number of aryl methyl sites for hydroxylation is 1. The summed E-state index contributed by atoms with van der Waals surface area (Å²) in [5.41, 5.74) is 3.33. The maximum absolute atomic E-state index is 12.2. The minimum absolute atomic E-state index is 0.0401. The van der Waals surface area contributed by atoms with Crippen molar-refractivity contribution in [2.24, 2.45) is 0 Å². The molecule has 1 aliphatic heterocycles. The molecule has 0 radical (unpaired) electrons. The van der Waals surface area contributed by atoms with Crippen molar-refractivity contribution in [2.45, 2.75) is 52.0 Å². The first-order valence-corrected chi connectivity index (χ1v) is 9.49. The first-order valence-electron chi connectivity index (χ1n) is 7.67. The number of carbonyl (C=O) groups is 1. The molecule has 0 aromatic heterocycles. The molecule has 22 heavy (non-hydrogen) atoms. The lowest BCUT2D eigenvalue weighted by Crippen LogP contribution is -2.36. The summed E-state index contributed by atoms with van der Waals surface area (Å²) in [5.74, 6) is 0.146. The maximum atomic E-state index is 12.2. The van der Waals surface area contributed by atoms with Crippen molar-refractivity contribution in [1.82, 2.24) is 5.32 Å². The number of hydrogen-bond donors (Lipinski definition) is 1. The van der Waals surface area contributed by atoms with E-state index in [4.69, 9.17) is 0 Å². The normalized spacial score (nSPS) is 20.8. The van der Waals surface area contributed by atoms with Crippen molar-refractivity contribution in [2.75, 3.05) is 11.5 Å². The van der Waals surface area contributed by atoms with Gasteiger partial charge in [0.1, 0.15) is 0 Å². The van der Waals surface area contributed by atoms with Crippen molar-refractivity contribution < 1.29 is 13.2 Å². The van der Waals surface area contributed by atoms with Gasteiger partial charge in [0.25, 0.3) is 0 Å². The second kappa shape index (κ2) is 6.03. The zero-order chi connectivity index (χ0) is 16.5. The molecule has 0 saturated carbocycles. The SMILES string of the molecule is Cc1ccc(C(C)(C)C)cc1CC(=O)NC1CCS(=O)(=O)C1. The summed E-state index contributed by atoms with van der Waals surface area (Å²) in [6.07, 6.45) is 0.821. The number of benzene rings is 1. The summed E-state index contributed by atoms with van der Waals surface area (Å²) in [4.78, 5) is 12.2. The third-order valence-corrected chi connectivity index (χ3v) is 5.93. The molecule has 0 aliphatic carbocycles. The largest absolute Gasteiger partial charge is 0.352 e. The molecule has 5 heteroatoms. The minimum Gasteiger partial charge on any atom is -0.352 e. The Balaban J connectivity index is 2.05. The Morgan fingerprint density at radius 1 is 1.32 bits per heavy atom. The van der Waals surface area contributed by atoms with Crippen LogP contribution in [0.15, 0.2) is 18.2 Å². The molecule has 1 fully saturated rings. The maximum Gasteiger partial charge on any atom is 0.224 e. The topological polar surface area (TPSA) is 63.2 Å². The van der Waals surface area contributed by atoms with Crippen LogP contribution in [-0.2, 0) is 26.5 Å². The van der Waals surface area contributed by atoms with Gasteiger partial charge < -0.3 is 5.32 Å². The molecule has 0 spiro atoms. The lowest BCUT2D eigenvalue weighted by atomic mass is 9.85. The van der Waals surface area contributed by atoms with E-state index in [0.29, 0.717) is 12.8 Å². The first kappa shape index (κ1) is 17.0. The minimum atomic E-state index is -2.96. The molecule has 2 rings (SSSR count). The Morgan fingerprint density at radius 2 is 2.00 bits per heavy atom. The zero-order valence-corrected chi connectivity index (χ0v) is 14.6. The van der Waals surface area contributed by atoms with Crippen molar-refractivity contribution in [3.05, 3.63) is 34.9 Å².